The van der Waals surface area contributed by atoms with Crippen LogP contribution in [0.3, 0.4) is 0 Å². The van der Waals surface area contributed by atoms with Crippen molar-refractivity contribution in [1.29, 1.82) is 0 Å². The Morgan fingerprint density at radius 1 is 1.17 bits per heavy atom. The molecule has 0 aliphatic heterocycles. The van der Waals surface area contributed by atoms with Gasteiger partial charge in [-0.15, -0.1) is 0 Å². The van der Waals surface area contributed by atoms with Gasteiger partial charge in [-0.25, -0.2) is 0 Å². The van der Waals surface area contributed by atoms with Crippen molar-refractivity contribution < 1.29 is 19.1 Å². The molecule has 104 valence electrons. The molecule has 2 atom stereocenters. The zero-order chi connectivity index (χ0) is 13.6. The van der Waals surface area contributed by atoms with E-state index in [1.165, 1.54) is 0 Å². The highest BCUT2D eigenvalue weighted by Gasteiger charge is 2.44. The van der Waals surface area contributed by atoms with Crippen molar-refractivity contribution in [3.63, 3.8) is 0 Å². The number of carbonyl (C=O) groups is 2. The molecule has 0 spiro atoms. The van der Waals surface area contributed by atoms with Crippen LogP contribution in [0.4, 0.5) is 0 Å². The Labute approximate surface area is 109 Å². The van der Waals surface area contributed by atoms with Crippen LogP contribution in [0, 0.1) is 11.3 Å². The van der Waals surface area contributed by atoms with E-state index < -0.39 is 5.41 Å². The van der Waals surface area contributed by atoms with E-state index in [1.807, 2.05) is 13.8 Å². The molecule has 0 N–H and O–H groups in total. The summed E-state index contributed by atoms with van der Waals surface area (Å²) in [6.45, 7) is 6.31. The Bertz CT molecular complexity index is 300. The summed E-state index contributed by atoms with van der Waals surface area (Å²) in [7, 11) is 0. The SMILES string of the molecule is CCOC(=O)C[C@H]1CCCC[C@]1(C)C(=O)OCC. The van der Waals surface area contributed by atoms with Crippen LogP contribution in [-0.2, 0) is 19.1 Å². The van der Waals surface area contributed by atoms with E-state index in [2.05, 4.69) is 0 Å². The fourth-order valence-corrected chi connectivity index (χ4v) is 2.72. The third-order valence-corrected chi connectivity index (χ3v) is 3.86. The van der Waals surface area contributed by atoms with Gasteiger partial charge in [-0.3, -0.25) is 9.59 Å². The van der Waals surface area contributed by atoms with Gasteiger partial charge >= 0.3 is 11.9 Å². The highest BCUT2D eigenvalue weighted by Crippen LogP contribution is 2.43. The molecule has 0 bridgehead atoms. The molecule has 0 unspecified atom stereocenters. The molecule has 1 fully saturated rings. The number of esters is 2. The van der Waals surface area contributed by atoms with Gasteiger partial charge in [0.1, 0.15) is 0 Å². The van der Waals surface area contributed by atoms with Gasteiger partial charge in [0.15, 0.2) is 0 Å². The smallest absolute Gasteiger partial charge is 0.312 e. The average molecular weight is 256 g/mol. The molecule has 0 aromatic heterocycles. The van der Waals surface area contributed by atoms with Gasteiger partial charge in [-0.2, -0.15) is 0 Å². The first-order chi connectivity index (χ1) is 8.54. The van der Waals surface area contributed by atoms with Crippen molar-refractivity contribution in [1.82, 2.24) is 0 Å². The lowest BCUT2D eigenvalue weighted by Gasteiger charge is -2.38. The largest absolute Gasteiger partial charge is 0.466 e. The normalized spacial score (nSPS) is 27.6. The zero-order valence-electron chi connectivity index (χ0n) is 11.7. The van der Waals surface area contributed by atoms with Crippen LogP contribution in [0.25, 0.3) is 0 Å². The van der Waals surface area contributed by atoms with E-state index in [0.29, 0.717) is 19.6 Å². The van der Waals surface area contributed by atoms with Gasteiger partial charge in [-0.05, 0) is 39.5 Å². The van der Waals surface area contributed by atoms with Gasteiger partial charge < -0.3 is 9.47 Å². The van der Waals surface area contributed by atoms with Crippen LogP contribution >= 0.6 is 0 Å². The summed E-state index contributed by atoms with van der Waals surface area (Å²) >= 11 is 0. The summed E-state index contributed by atoms with van der Waals surface area (Å²) in [4.78, 5) is 23.7. The van der Waals surface area contributed by atoms with Crippen molar-refractivity contribution in [2.24, 2.45) is 11.3 Å². The Morgan fingerprint density at radius 2 is 1.83 bits per heavy atom. The summed E-state index contributed by atoms with van der Waals surface area (Å²) in [5.74, 6) is -0.330. The molecule has 0 amide bonds. The van der Waals surface area contributed by atoms with Gasteiger partial charge in [0, 0.05) is 6.42 Å². The van der Waals surface area contributed by atoms with Crippen LogP contribution < -0.4 is 0 Å². The van der Waals surface area contributed by atoms with Gasteiger partial charge in [-0.1, -0.05) is 12.8 Å². The fourth-order valence-electron chi connectivity index (χ4n) is 2.72. The first-order valence-corrected chi connectivity index (χ1v) is 6.87. The second-order valence-corrected chi connectivity index (χ2v) is 5.09. The van der Waals surface area contributed by atoms with Crippen LogP contribution in [0.15, 0.2) is 0 Å². The lowest BCUT2D eigenvalue weighted by Crippen LogP contribution is -2.41. The average Bonchev–Trinajstić information content (AvgIpc) is 2.33. The Morgan fingerprint density at radius 3 is 2.44 bits per heavy atom. The third kappa shape index (κ3) is 3.47. The molecule has 1 saturated carbocycles. The fraction of sp³-hybridized carbons (Fsp3) is 0.857. The third-order valence-electron chi connectivity index (χ3n) is 3.86. The standard InChI is InChI=1S/C14H24O4/c1-4-17-12(15)10-11-8-6-7-9-14(11,3)13(16)18-5-2/h11H,4-10H2,1-3H3/t11-,14+/m1/s1. The second kappa shape index (κ2) is 6.76. The van der Waals surface area contributed by atoms with E-state index in [-0.39, 0.29) is 17.9 Å². The van der Waals surface area contributed by atoms with Gasteiger partial charge in [0.25, 0.3) is 0 Å². The van der Waals surface area contributed by atoms with Crippen molar-refractivity contribution in [3.05, 3.63) is 0 Å². The van der Waals surface area contributed by atoms with Crippen LogP contribution in [0.1, 0.15) is 52.9 Å². The molecule has 4 nitrogen and oxygen atoms in total. The summed E-state index contributed by atoms with van der Waals surface area (Å²) in [6.07, 6.45) is 4.11. The maximum atomic E-state index is 12.1. The Kier molecular flexibility index (Phi) is 5.63. The molecule has 0 heterocycles. The molecular weight excluding hydrogens is 232 g/mol. The van der Waals surface area contributed by atoms with E-state index in [0.717, 1.165) is 25.7 Å². The maximum absolute atomic E-state index is 12.1. The summed E-state index contributed by atoms with van der Waals surface area (Å²) in [5.41, 5.74) is -0.527. The van der Waals surface area contributed by atoms with Crippen molar-refractivity contribution >= 4 is 11.9 Å². The van der Waals surface area contributed by atoms with E-state index in [9.17, 15) is 9.59 Å². The molecule has 18 heavy (non-hydrogen) atoms. The summed E-state index contributed by atoms with van der Waals surface area (Å²) in [5, 5.41) is 0. The van der Waals surface area contributed by atoms with Crippen LogP contribution in [0.5, 0.6) is 0 Å². The van der Waals surface area contributed by atoms with Crippen LogP contribution in [0.2, 0.25) is 0 Å². The molecule has 0 aromatic carbocycles. The van der Waals surface area contributed by atoms with Crippen molar-refractivity contribution in [2.45, 2.75) is 52.9 Å². The van der Waals surface area contributed by atoms with Crippen molar-refractivity contribution in [2.75, 3.05) is 13.2 Å². The monoisotopic (exact) mass is 256 g/mol. The maximum Gasteiger partial charge on any atom is 0.312 e. The molecule has 1 rings (SSSR count). The molecule has 0 aromatic rings. The second-order valence-electron chi connectivity index (χ2n) is 5.09. The number of ether oxygens (including phenoxy) is 2. The highest BCUT2D eigenvalue weighted by atomic mass is 16.5. The molecule has 0 saturated heterocycles. The summed E-state index contributed by atoms with van der Waals surface area (Å²) < 4.78 is 10.2. The highest BCUT2D eigenvalue weighted by molar-refractivity contribution is 5.78. The minimum absolute atomic E-state index is 0.0457. The number of carbonyl (C=O) groups excluding carboxylic acids is 2. The van der Waals surface area contributed by atoms with E-state index in [4.69, 9.17) is 9.47 Å². The minimum Gasteiger partial charge on any atom is -0.466 e. The quantitative estimate of drug-likeness (QED) is 0.710. The lowest BCUT2D eigenvalue weighted by atomic mass is 9.66. The van der Waals surface area contributed by atoms with Crippen molar-refractivity contribution in [3.8, 4) is 0 Å². The minimum atomic E-state index is -0.527. The number of hydrogen-bond donors (Lipinski definition) is 0. The zero-order valence-corrected chi connectivity index (χ0v) is 11.7. The Balaban J connectivity index is 2.72. The first-order valence-electron chi connectivity index (χ1n) is 6.87. The molecular formula is C14H24O4. The first kappa shape index (κ1) is 15.0. The lowest BCUT2D eigenvalue weighted by molar-refractivity contribution is -0.162. The predicted octanol–water partition coefficient (Wildman–Crippen LogP) is 2.70. The predicted molar refractivity (Wildman–Crippen MR) is 67.9 cm³/mol. The topological polar surface area (TPSA) is 52.6 Å². The van der Waals surface area contributed by atoms with E-state index in [1.54, 1.807) is 6.92 Å². The molecule has 1 aliphatic rings. The number of rotatable bonds is 5. The molecule has 0 radical (unpaired) electrons. The molecule has 1 aliphatic carbocycles. The van der Waals surface area contributed by atoms with Crippen LogP contribution in [-0.4, -0.2) is 25.2 Å². The summed E-state index contributed by atoms with van der Waals surface area (Å²) in [6, 6.07) is 0. The number of hydrogen-bond acceptors (Lipinski definition) is 4. The Hall–Kier alpha value is -1.06. The van der Waals surface area contributed by atoms with Gasteiger partial charge in [0.2, 0.25) is 0 Å². The molecule has 4 heteroatoms. The van der Waals surface area contributed by atoms with Gasteiger partial charge in [0.05, 0.1) is 18.6 Å². The van der Waals surface area contributed by atoms with E-state index >= 15 is 0 Å².